The van der Waals surface area contributed by atoms with Gasteiger partial charge in [0.15, 0.2) is 12.2 Å². The Bertz CT molecular complexity index is 2240. The highest BCUT2D eigenvalue weighted by atomic mass is 16.6. The molecule has 0 radical (unpaired) electrons. The highest BCUT2D eigenvalue weighted by molar-refractivity contribution is 6.01. The maximum absolute atomic E-state index is 13.9. The lowest BCUT2D eigenvalue weighted by molar-refractivity contribution is -0.144. The van der Waals surface area contributed by atoms with Gasteiger partial charge in [0.1, 0.15) is 47.3 Å². The largest absolute Gasteiger partial charge is 0.354 e. The number of fused-ring (bicyclic) bond motifs is 2. The summed E-state index contributed by atoms with van der Waals surface area (Å²) in [5, 5.41) is 22.3. The first-order valence-electron chi connectivity index (χ1n) is 25.6. The van der Waals surface area contributed by atoms with E-state index in [1.54, 1.807) is 0 Å². The van der Waals surface area contributed by atoms with Gasteiger partial charge >= 0.3 is 0 Å². The number of rotatable bonds is 16. The maximum Gasteiger partial charge on any atom is 0.252 e. The number of nitrogens with zero attached hydrogens (tertiary/aromatic N) is 2. The van der Waals surface area contributed by atoms with Crippen molar-refractivity contribution < 1.29 is 52.7 Å². The maximum atomic E-state index is 13.9. The summed E-state index contributed by atoms with van der Waals surface area (Å²) in [5.74, 6) is -4.85. The summed E-state index contributed by atoms with van der Waals surface area (Å²) in [6, 6.07) is 12.9. The minimum Gasteiger partial charge on any atom is -0.354 e. The minimum absolute atomic E-state index is 0.177. The number of carbonyl (C=O) groups is 10. The van der Waals surface area contributed by atoms with E-state index in [2.05, 4.69) is 42.5 Å². The SMILES string of the molecule is CC1(C)NC(=O)[C@H](CCCCNC(=O)C2OC2C(=O)NCCCC[C@@H]2NC(=O)[C@H]3CCCN3C(=O)[C@H](Cc3ccccc3)NC(=O)C(C)(C)NC2=O)NC(=O)[C@H]2CCCN2C(=O)[C@H](Cc2ccccc2)NC1=O. The van der Waals surface area contributed by atoms with Crippen molar-refractivity contribution in [3.05, 3.63) is 71.8 Å². The lowest BCUT2D eigenvalue weighted by atomic mass is 9.98. The Morgan fingerprint density at radius 1 is 0.534 bits per heavy atom. The average Bonchev–Trinajstić information content (AvgIpc) is 3.73. The van der Waals surface area contributed by atoms with Crippen molar-refractivity contribution in [3.63, 3.8) is 0 Å². The molecule has 8 N–H and O–H groups in total. The third-order valence-corrected chi connectivity index (χ3v) is 14.2. The molecule has 394 valence electrons. The molecule has 0 aromatic heterocycles. The van der Waals surface area contributed by atoms with Crippen molar-refractivity contribution in [2.45, 2.75) is 164 Å². The molecule has 8 atom stereocenters. The molecular weight excluding hydrogens is 941 g/mol. The van der Waals surface area contributed by atoms with Gasteiger partial charge in [-0.05, 0) is 103 Å². The number of nitrogens with one attached hydrogen (secondary N) is 8. The summed E-state index contributed by atoms with van der Waals surface area (Å²) in [6.45, 7) is 7.17. The zero-order valence-electron chi connectivity index (χ0n) is 42.1. The van der Waals surface area contributed by atoms with E-state index in [9.17, 15) is 47.9 Å². The van der Waals surface area contributed by atoms with Gasteiger partial charge in [-0.3, -0.25) is 47.9 Å². The van der Waals surface area contributed by atoms with Crippen molar-refractivity contribution in [1.82, 2.24) is 52.3 Å². The molecule has 0 aliphatic carbocycles. The van der Waals surface area contributed by atoms with Crippen LogP contribution in [0.5, 0.6) is 0 Å². The second-order valence-corrected chi connectivity index (χ2v) is 20.7. The van der Waals surface area contributed by atoms with Crippen LogP contribution in [0.1, 0.15) is 103 Å². The average molecular weight is 1010 g/mol. The van der Waals surface area contributed by atoms with Crippen LogP contribution in [0.25, 0.3) is 0 Å². The molecule has 0 spiro atoms. The number of hydrogen-bond acceptors (Lipinski definition) is 11. The van der Waals surface area contributed by atoms with Crippen molar-refractivity contribution in [3.8, 4) is 0 Å². The third-order valence-electron chi connectivity index (χ3n) is 14.2. The van der Waals surface area contributed by atoms with Gasteiger partial charge in [-0.15, -0.1) is 0 Å². The number of unbranched alkanes of at least 4 members (excludes halogenated alkanes) is 2. The monoisotopic (exact) mass is 1010 g/mol. The smallest absolute Gasteiger partial charge is 0.252 e. The molecule has 2 aromatic carbocycles. The third kappa shape index (κ3) is 13.8. The molecule has 2 aromatic rings. The van der Waals surface area contributed by atoms with E-state index in [4.69, 9.17) is 4.74 Å². The van der Waals surface area contributed by atoms with Crippen LogP contribution in [0.4, 0.5) is 0 Å². The second-order valence-electron chi connectivity index (χ2n) is 20.7. The zero-order chi connectivity index (χ0) is 52.5. The summed E-state index contributed by atoms with van der Waals surface area (Å²) in [5.41, 5.74) is -1.20. The lowest BCUT2D eigenvalue weighted by Gasteiger charge is -2.34. The Morgan fingerprint density at radius 2 is 0.918 bits per heavy atom. The van der Waals surface area contributed by atoms with E-state index < -0.39 is 107 Å². The second kappa shape index (κ2) is 23.8. The van der Waals surface area contributed by atoms with Gasteiger partial charge in [0.05, 0.1) is 0 Å². The highest BCUT2D eigenvalue weighted by Gasteiger charge is 2.50. The molecular formula is C52H70N10O11. The van der Waals surface area contributed by atoms with E-state index in [1.165, 1.54) is 37.5 Å². The van der Waals surface area contributed by atoms with Crippen molar-refractivity contribution in [2.75, 3.05) is 26.2 Å². The topological polar surface area (TPSA) is 286 Å². The number of carbonyl (C=O) groups excluding carboxylic acids is 10. The van der Waals surface area contributed by atoms with E-state index in [0.717, 1.165) is 11.1 Å². The fraction of sp³-hybridized carbons (Fsp3) is 0.577. The van der Waals surface area contributed by atoms with Crippen LogP contribution in [0.3, 0.4) is 0 Å². The van der Waals surface area contributed by atoms with Crippen molar-refractivity contribution in [1.29, 1.82) is 0 Å². The van der Waals surface area contributed by atoms with E-state index in [1.807, 2.05) is 60.7 Å². The lowest BCUT2D eigenvalue weighted by Crippen LogP contribution is -2.64. The normalized spacial score (nSPS) is 27.4. The predicted molar refractivity (Wildman–Crippen MR) is 264 cm³/mol. The van der Waals surface area contributed by atoms with Gasteiger partial charge in [0, 0.05) is 39.0 Å². The molecule has 5 aliphatic heterocycles. The Labute approximate surface area is 425 Å². The number of ether oxygens (including phenoxy) is 1. The van der Waals surface area contributed by atoms with Crippen LogP contribution in [-0.2, 0) is 65.5 Å². The molecule has 73 heavy (non-hydrogen) atoms. The molecule has 7 rings (SSSR count). The zero-order valence-corrected chi connectivity index (χ0v) is 42.1. The Kier molecular flexibility index (Phi) is 17.5. The molecule has 5 aliphatic rings. The number of benzene rings is 2. The number of hydrogen-bond donors (Lipinski definition) is 8. The molecule has 0 saturated carbocycles. The summed E-state index contributed by atoms with van der Waals surface area (Å²) in [7, 11) is 0. The summed E-state index contributed by atoms with van der Waals surface area (Å²) in [6.07, 6.45) is 2.35. The highest BCUT2D eigenvalue weighted by Crippen LogP contribution is 2.25. The van der Waals surface area contributed by atoms with Crippen LogP contribution in [-0.4, -0.2) is 155 Å². The quantitative estimate of drug-likeness (QED) is 0.0788. The van der Waals surface area contributed by atoms with Gasteiger partial charge in [-0.2, -0.15) is 0 Å². The fourth-order valence-electron chi connectivity index (χ4n) is 9.84. The molecule has 0 bridgehead atoms. The first kappa shape index (κ1) is 53.9. The van der Waals surface area contributed by atoms with Gasteiger partial charge in [0.2, 0.25) is 47.3 Å². The Morgan fingerprint density at radius 3 is 1.30 bits per heavy atom. The van der Waals surface area contributed by atoms with Gasteiger partial charge in [-0.1, -0.05) is 60.7 Å². The molecule has 2 unspecified atom stereocenters. The number of epoxide rings is 1. The van der Waals surface area contributed by atoms with E-state index in [-0.39, 0.29) is 50.6 Å². The standard InChI is InChI=1S/C52H70N10O11/c1-51(2)49(71)57-35(29-31-17-7-5-8-18-31)47(69)61-27-15-23-37(61)43(65)55-33(41(63)59-51)21-11-13-25-53-45(67)39-40(73-39)46(68)54-26-14-12-22-34-42(64)60-52(3,4)50(72)58-36(30-32-19-9-6-10-20-32)48(70)62-28-16-24-38(62)44(66)56-34/h5-10,17-20,33-40H,11-16,21-30H2,1-4H3,(H,53,67)(H,54,68)(H,55,65)(H,56,66)(H,57,71)(H,58,72)(H,59,63)(H,60,64)/t33-,34-,35-,36-,37+,38+,39?,40?/m0/s1. The van der Waals surface area contributed by atoms with Crippen molar-refractivity contribution >= 4 is 59.1 Å². The van der Waals surface area contributed by atoms with E-state index >= 15 is 0 Å². The van der Waals surface area contributed by atoms with Crippen LogP contribution in [0.15, 0.2) is 60.7 Å². The predicted octanol–water partition coefficient (Wildman–Crippen LogP) is -0.450. The molecule has 5 fully saturated rings. The van der Waals surface area contributed by atoms with Gasteiger partial charge in [0.25, 0.3) is 11.8 Å². The fourth-order valence-corrected chi connectivity index (χ4v) is 9.84. The first-order chi connectivity index (χ1) is 34.8. The molecule has 5 saturated heterocycles. The van der Waals surface area contributed by atoms with Crippen LogP contribution in [0, 0.1) is 0 Å². The van der Waals surface area contributed by atoms with Crippen molar-refractivity contribution in [2.24, 2.45) is 0 Å². The summed E-state index contributed by atoms with van der Waals surface area (Å²) < 4.78 is 5.40. The van der Waals surface area contributed by atoms with Crippen LogP contribution in [0.2, 0.25) is 0 Å². The summed E-state index contributed by atoms with van der Waals surface area (Å²) in [4.78, 5) is 139. The molecule has 10 amide bonds. The van der Waals surface area contributed by atoms with Gasteiger partial charge < -0.3 is 57.1 Å². The Hall–Kier alpha value is -6.90. The molecule has 21 nitrogen and oxygen atoms in total. The van der Waals surface area contributed by atoms with Crippen LogP contribution >= 0.6 is 0 Å². The number of amides is 10. The Balaban J connectivity index is 0.839. The summed E-state index contributed by atoms with van der Waals surface area (Å²) >= 11 is 0. The van der Waals surface area contributed by atoms with Gasteiger partial charge in [-0.25, -0.2) is 0 Å². The molecule has 21 heteroatoms. The van der Waals surface area contributed by atoms with E-state index in [0.29, 0.717) is 64.5 Å². The molecule has 5 heterocycles. The van der Waals surface area contributed by atoms with Crippen LogP contribution < -0.4 is 42.5 Å². The minimum atomic E-state index is -1.43. The first-order valence-corrected chi connectivity index (χ1v) is 25.6.